The van der Waals surface area contributed by atoms with Crippen molar-refractivity contribution in [2.24, 2.45) is 11.8 Å². The molecule has 0 radical (unpaired) electrons. The Morgan fingerprint density at radius 3 is 2.36 bits per heavy atom. The van der Waals surface area contributed by atoms with E-state index in [9.17, 15) is 4.79 Å². The number of anilines is 1. The molecule has 5 heteroatoms. The minimum Gasteiger partial charge on any atom is -0.370 e. The van der Waals surface area contributed by atoms with E-state index < -0.39 is 0 Å². The van der Waals surface area contributed by atoms with Crippen LogP contribution in [0.3, 0.4) is 0 Å². The molecule has 2 saturated heterocycles. The molecule has 0 unspecified atom stereocenters. The van der Waals surface area contributed by atoms with Gasteiger partial charge in [-0.3, -0.25) is 4.79 Å². The molecular weight excluding hydrogens is 314 g/mol. The average molecular weight is 348 g/mol. The first kappa shape index (κ1) is 18.4. The van der Waals surface area contributed by atoms with E-state index in [1.807, 2.05) is 12.1 Å². The molecule has 0 saturated carbocycles. The Kier molecular flexibility index (Phi) is 6.45. The summed E-state index contributed by atoms with van der Waals surface area (Å²) in [6, 6.07) is 8.33. The zero-order valence-corrected chi connectivity index (χ0v) is 15.6. The SMILES string of the molecule is C[C@H]1C[C@H](C)C[NH+](CC(=O)Nc2ccc(C[NH+]3CCOCC3)cc2)C1. The monoisotopic (exact) mass is 347 g/mol. The van der Waals surface area contributed by atoms with Crippen LogP contribution in [0.4, 0.5) is 5.69 Å². The number of quaternary nitrogens is 2. The van der Waals surface area contributed by atoms with E-state index >= 15 is 0 Å². The summed E-state index contributed by atoms with van der Waals surface area (Å²) < 4.78 is 5.41. The zero-order chi connectivity index (χ0) is 17.6. The number of rotatable bonds is 5. The number of nitrogens with one attached hydrogen (secondary N) is 3. The van der Waals surface area contributed by atoms with E-state index in [0.29, 0.717) is 18.4 Å². The van der Waals surface area contributed by atoms with Crippen molar-refractivity contribution in [1.82, 2.24) is 0 Å². The summed E-state index contributed by atoms with van der Waals surface area (Å²) in [5.41, 5.74) is 2.22. The second-order valence-corrected chi connectivity index (χ2v) is 8.07. The van der Waals surface area contributed by atoms with Crippen molar-refractivity contribution in [3.63, 3.8) is 0 Å². The molecule has 5 nitrogen and oxygen atoms in total. The van der Waals surface area contributed by atoms with Crippen LogP contribution in [-0.4, -0.2) is 51.8 Å². The number of benzene rings is 1. The Morgan fingerprint density at radius 2 is 1.72 bits per heavy atom. The van der Waals surface area contributed by atoms with Gasteiger partial charge in [-0.2, -0.15) is 0 Å². The Balaban J connectivity index is 1.46. The predicted molar refractivity (Wildman–Crippen MR) is 98.8 cm³/mol. The van der Waals surface area contributed by atoms with Gasteiger partial charge >= 0.3 is 0 Å². The molecule has 2 aliphatic heterocycles. The largest absolute Gasteiger partial charge is 0.370 e. The predicted octanol–water partition coefficient (Wildman–Crippen LogP) is -0.399. The van der Waals surface area contributed by atoms with Crippen molar-refractivity contribution in [2.45, 2.75) is 26.8 Å². The average Bonchev–Trinajstić information content (AvgIpc) is 2.56. The molecule has 3 N–H and O–H groups in total. The Morgan fingerprint density at radius 1 is 1.08 bits per heavy atom. The second-order valence-electron chi connectivity index (χ2n) is 8.07. The molecule has 138 valence electrons. The number of hydrogen-bond acceptors (Lipinski definition) is 2. The molecule has 1 aromatic carbocycles. The highest BCUT2D eigenvalue weighted by Gasteiger charge is 2.26. The number of ether oxygens (including phenoxy) is 1. The van der Waals surface area contributed by atoms with Gasteiger partial charge in [-0.05, 0) is 18.6 Å². The maximum absolute atomic E-state index is 12.3. The van der Waals surface area contributed by atoms with E-state index in [-0.39, 0.29) is 5.91 Å². The third-order valence-electron chi connectivity index (χ3n) is 5.38. The van der Waals surface area contributed by atoms with Crippen molar-refractivity contribution < 1.29 is 19.3 Å². The van der Waals surface area contributed by atoms with Gasteiger partial charge in [-0.25, -0.2) is 0 Å². The molecule has 2 aliphatic rings. The van der Waals surface area contributed by atoms with E-state index in [4.69, 9.17) is 4.74 Å². The van der Waals surface area contributed by atoms with Crippen molar-refractivity contribution in [1.29, 1.82) is 0 Å². The van der Waals surface area contributed by atoms with E-state index in [2.05, 4.69) is 31.3 Å². The molecular formula is C20H33N3O2+2. The molecule has 0 aliphatic carbocycles. The number of carbonyl (C=O) groups excluding carboxylic acids is 1. The molecule has 0 spiro atoms. The summed E-state index contributed by atoms with van der Waals surface area (Å²) in [5.74, 6) is 1.56. The first-order valence-electron chi connectivity index (χ1n) is 9.72. The highest BCUT2D eigenvalue weighted by molar-refractivity contribution is 5.91. The first-order chi connectivity index (χ1) is 12.1. The summed E-state index contributed by atoms with van der Waals surface area (Å²) in [5, 5.41) is 3.06. The molecule has 1 aromatic rings. The quantitative estimate of drug-likeness (QED) is 0.679. The van der Waals surface area contributed by atoms with Crippen LogP contribution in [0.15, 0.2) is 24.3 Å². The van der Waals surface area contributed by atoms with Gasteiger partial charge < -0.3 is 19.9 Å². The van der Waals surface area contributed by atoms with Crippen LogP contribution >= 0.6 is 0 Å². The fourth-order valence-corrected chi connectivity index (χ4v) is 4.33. The normalized spacial score (nSPS) is 27.8. The van der Waals surface area contributed by atoms with E-state index in [1.165, 1.54) is 16.9 Å². The minimum absolute atomic E-state index is 0.128. The molecule has 2 fully saturated rings. The third-order valence-corrected chi connectivity index (χ3v) is 5.38. The summed E-state index contributed by atoms with van der Waals surface area (Å²) in [6.45, 7) is 12.3. The zero-order valence-electron chi connectivity index (χ0n) is 15.6. The lowest BCUT2D eigenvalue weighted by molar-refractivity contribution is -0.921. The first-order valence-corrected chi connectivity index (χ1v) is 9.72. The summed E-state index contributed by atoms with van der Waals surface area (Å²) in [7, 11) is 0. The molecule has 3 rings (SSSR count). The van der Waals surface area contributed by atoms with E-state index in [1.54, 1.807) is 4.90 Å². The van der Waals surface area contributed by atoms with Gasteiger partial charge in [0, 0.05) is 23.1 Å². The van der Waals surface area contributed by atoms with Crippen molar-refractivity contribution in [3.8, 4) is 0 Å². The summed E-state index contributed by atoms with van der Waals surface area (Å²) in [6.07, 6.45) is 1.29. The van der Waals surface area contributed by atoms with Crippen LogP contribution in [0, 0.1) is 11.8 Å². The fourth-order valence-electron chi connectivity index (χ4n) is 4.33. The Bertz CT molecular complexity index is 545. The van der Waals surface area contributed by atoms with Crippen LogP contribution in [0.1, 0.15) is 25.8 Å². The maximum atomic E-state index is 12.3. The van der Waals surface area contributed by atoms with Crippen molar-refractivity contribution in [3.05, 3.63) is 29.8 Å². The second kappa shape index (κ2) is 8.79. The Labute approximate surface area is 151 Å². The third kappa shape index (κ3) is 5.80. The Hall–Kier alpha value is -1.43. The lowest BCUT2D eigenvalue weighted by Crippen LogP contribution is -3.15. The molecule has 2 atom stereocenters. The fraction of sp³-hybridized carbons (Fsp3) is 0.650. The number of likely N-dealkylation sites (tertiary alicyclic amines) is 1. The smallest absolute Gasteiger partial charge is 0.279 e. The maximum Gasteiger partial charge on any atom is 0.279 e. The van der Waals surface area contributed by atoms with Gasteiger partial charge in [-0.1, -0.05) is 26.0 Å². The standard InChI is InChI=1S/C20H31N3O2/c1-16-11-17(2)13-23(12-16)15-20(24)21-19-5-3-18(4-6-19)14-22-7-9-25-10-8-22/h3-6,16-17H,7-15H2,1-2H3,(H,21,24)/p+2/t16-,17-/m0/s1. The molecule has 2 heterocycles. The minimum atomic E-state index is 0.128. The van der Waals surface area contributed by atoms with E-state index in [0.717, 1.165) is 51.6 Å². The van der Waals surface area contributed by atoms with Gasteiger partial charge in [-0.15, -0.1) is 0 Å². The van der Waals surface area contributed by atoms with Crippen LogP contribution < -0.4 is 15.1 Å². The van der Waals surface area contributed by atoms with Crippen LogP contribution in [-0.2, 0) is 16.1 Å². The van der Waals surface area contributed by atoms with Crippen molar-refractivity contribution >= 4 is 11.6 Å². The number of amides is 1. The number of carbonyl (C=O) groups is 1. The van der Waals surface area contributed by atoms with Crippen LogP contribution in [0.5, 0.6) is 0 Å². The number of piperidine rings is 1. The highest BCUT2D eigenvalue weighted by Crippen LogP contribution is 2.12. The highest BCUT2D eigenvalue weighted by atomic mass is 16.5. The lowest BCUT2D eigenvalue weighted by atomic mass is 9.92. The number of morpholine rings is 1. The molecule has 0 bridgehead atoms. The van der Waals surface area contributed by atoms with Gasteiger partial charge in [0.05, 0.1) is 26.3 Å². The molecule has 1 amide bonds. The summed E-state index contributed by atoms with van der Waals surface area (Å²) in [4.78, 5) is 15.3. The number of hydrogen-bond donors (Lipinski definition) is 3. The van der Waals surface area contributed by atoms with Gasteiger partial charge in [0.25, 0.3) is 5.91 Å². The molecule has 25 heavy (non-hydrogen) atoms. The van der Waals surface area contributed by atoms with Gasteiger partial charge in [0.1, 0.15) is 19.6 Å². The van der Waals surface area contributed by atoms with Gasteiger partial charge in [0.15, 0.2) is 6.54 Å². The molecule has 0 aromatic heterocycles. The summed E-state index contributed by atoms with van der Waals surface area (Å²) >= 11 is 0. The van der Waals surface area contributed by atoms with Crippen LogP contribution in [0.2, 0.25) is 0 Å². The van der Waals surface area contributed by atoms with Gasteiger partial charge in [0.2, 0.25) is 0 Å². The lowest BCUT2D eigenvalue weighted by Gasteiger charge is -2.31. The van der Waals surface area contributed by atoms with Crippen molar-refractivity contribution in [2.75, 3.05) is 51.3 Å². The van der Waals surface area contributed by atoms with Crippen LogP contribution in [0.25, 0.3) is 0 Å². The topological polar surface area (TPSA) is 47.2 Å².